The Kier molecular flexibility index (Phi) is 7.01. The Morgan fingerprint density at radius 2 is 1.75 bits per heavy atom. The summed E-state index contributed by atoms with van der Waals surface area (Å²) in [7, 11) is -2.39. The number of sulfonamides is 1. The third-order valence-corrected chi connectivity index (χ3v) is 6.48. The number of ether oxygens (including phenoxy) is 1. The Morgan fingerprint density at radius 1 is 1.03 bits per heavy atom. The van der Waals surface area contributed by atoms with E-state index in [-0.39, 0.29) is 21.9 Å². The van der Waals surface area contributed by atoms with Gasteiger partial charge in [-0.1, -0.05) is 35.9 Å². The van der Waals surface area contributed by atoms with E-state index in [1.807, 2.05) is 0 Å². The summed E-state index contributed by atoms with van der Waals surface area (Å²) in [5.74, 6) is -1.19. The molecule has 0 saturated carbocycles. The van der Waals surface area contributed by atoms with Gasteiger partial charge in [-0.3, -0.25) is 13.9 Å². The summed E-state index contributed by atoms with van der Waals surface area (Å²) in [5.41, 5.74) is 6.12. The van der Waals surface area contributed by atoms with Gasteiger partial charge in [0.15, 0.2) is 6.61 Å². The van der Waals surface area contributed by atoms with Crippen LogP contribution < -0.4 is 20.1 Å². The summed E-state index contributed by atoms with van der Waals surface area (Å²) in [4.78, 5) is 23.8. The van der Waals surface area contributed by atoms with Crippen LogP contribution in [-0.2, 0) is 14.8 Å². The van der Waals surface area contributed by atoms with Gasteiger partial charge in [0.05, 0.1) is 16.1 Å². The van der Waals surface area contributed by atoms with E-state index in [2.05, 4.69) is 5.32 Å². The lowest BCUT2D eigenvalue weighted by molar-refractivity contribution is -0.118. The van der Waals surface area contributed by atoms with Crippen LogP contribution in [0.3, 0.4) is 0 Å². The van der Waals surface area contributed by atoms with Gasteiger partial charge in [-0.2, -0.15) is 0 Å². The first-order chi connectivity index (χ1) is 15.2. The molecule has 0 fully saturated rings. The van der Waals surface area contributed by atoms with Crippen LogP contribution in [0.25, 0.3) is 0 Å². The van der Waals surface area contributed by atoms with Gasteiger partial charge < -0.3 is 15.8 Å². The molecule has 0 aliphatic rings. The Labute approximate surface area is 190 Å². The molecule has 0 bridgehead atoms. The van der Waals surface area contributed by atoms with Crippen LogP contribution in [0.2, 0.25) is 5.02 Å². The zero-order valence-electron chi connectivity index (χ0n) is 17.0. The average Bonchev–Trinajstić information content (AvgIpc) is 2.78. The highest BCUT2D eigenvalue weighted by molar-refractivity contribution is 7.92. The van der Waals surface area contributed by atoms with Crippen molar-refractivity contribution in [1.82, 2.24) is 0 Å². The number of nitrogens with one attached hydrogen (secondary N) is 1. The normalized spacial score (nSPS) is 10.9. The zero-order valence-corrected chi connectivity index (χ0v) is 18.6. The predicted molar refractivity (Wildman–Crippen MR) is 123 cm³/mol. The summed E-state index contributed by atoms with van der Waals surface area (Å²) in [5, 5.41) is 2.87. The Morgan fingerprint density at radius 3 is 2.44 bits per heavy atom. The third kappa shape index (κ3) is 5.37. The number of primary amides is 1. The van der Waals surface area contributed by atoms with Gasteiger partial charge in [0, 0.05) is 17.8 Å². The van der Waals surface area contributed by atoms with Crippen molar-refractivity contribution in [3.8, 4) is 5.75 Å². The number of nitrogens with two attached hydrogens (primary N) is 1. The van der Waals surface area contributed by atoms with Gasteiger partial charge in [0.25, 0.3) is 21.8 Å². The van der Waals surface area contributed by atoms with Crippen molar-refractivity contribution >= 4 is 44.8 Å². The highest BCUT2D eigenvalue weighted by atomic mass is 35.5. The van der Waals surface area contributed by atoms with E-state index in [0.717, 1.165) is 4.31 Å². The van der Waals surface area contributed by atoms with E-state index < -0.39 is 28.4 Å². The van der Waals surface area contributed by atoms with Crippen molar-refractivity contribution in [2.75, 3.05) is 23.3 Å². The maximum absolute atomic E-state index is 12.9. The standard InChI is InChI=1S/C22H20ClN3O5S/c1-26(17-7-3-2-4-8-17)32(29,30)18-9-5-6-16(13-18)25-21(27)14-31-20-11-10-15(23)12-19(20)22(24)28/h2-13H,14H2,1H3,(H2,24,28)(H,25,27). The van der Waals surface area contributed by atoms with E-state index in [0.29, 0.717) is 10.7 Å². The summed E-state index contributed by atoms with van der Waals surface area (Å²) in [6.45, 7) is -0.428. The number of anilines is 2. The van der Waals surface area contributed by atoms with Crippen LogP contribution in [0.1, 0.15) is 10.4 Å². The molecule has 0 unspecified atom stereocenters. The maximum atomic E-state index is 12.9. The molecular weight excluding hydrogens is 454 g/mol. The largest absolute Gasteiger partial charge is 0.483 e. The number of benzene rings is 3. The second-order valence-electron chi connectivity index (χ2n) is 6.68. The van der Waals surface area contributed by atoms with Crippen molar-refractivity contribution in [3.05, 3.63) is 83.4 Å². The lowest BCUT2D eigenvalue weighted by Crippen LogP contribution is -2.26. The summed E-state index contributed by atoms with van der Waals surface area (Å²) in [6.07, 6.45) is 0. The number of hydrogen-bond donors (Lipinski definition) is 2. The number of hydrogen-bond acceptors (Lipinski definition) is 5. The SMILES string of the molecule is CN(c1ccccc1)S(=O)(=O)c1cccc(NC(=O)COc2ccc(Cl)cc2C(N)=O)c1. The number of rotatable bonds is 8. The summed E-state index contributed by atoms with van der Waals surface area (Å²) < 4.78 is 32.4. The zero-order chi connectivity index (χ0) is 23.3. The van der Waals surface area contributed by atoms with Gasteiger partial charge in [0.1, 0.15) is 5.75 Å². The highest BCUT2D eigenvalue weighted by Crippen LogP contribution is 2.24. The highest BCUT2D eigenvalue weighted by Gasteiger charge is 2.21. The first-order valence-corrected chi connectivity index (χ1v) is 11.2. The monoisotopic (exact) mass is 473 g/mol. The second kappa shape index (κ2) is 9.71. The Balaban J connectivity index is 1.71. The third-order valence-electron chi connectivity index (χ3n) is 4.46. The van der Waals surface area contributed by atoms with Gasteiger partial charge in [-0.05, 0) is 48.5 Å². The minimum atomic E-state index is -3.84. The quantitative estimate of drug-likeness (QED) is 0.520. The van der Waals surface area contributed by atoms with Gasteiger partial charge in [0.2, 0.25) is 0 Å². The van der Waals surface area contributed by atoms with Crippen molar-refractivity contribution in [2.45, 2.75) is 4.90 Å². The van der Waals surface area contributed by atoms with Crippen molar-refractivity contribution in [1.29, 1.82) is 0 Å². The molecule has 0 heterocycles. The summed E-state index contributed by atoms with van der Waals surface area (Å²) in [6, 6.07) is 18.8. The van der Waals surface area contributed by atoms with E-state index in [1.54, 1.807) is 36.4 Å². The second-order valence-corrected chi connectivity index (χ2v) is 9.08. The lowest BCUT2D eigenvalue weighted by atomic mass is 10.2. The molecule has 0 radical (unpaired) electrons. The molecule has 0 aliphatic heterocycles. The molecule has 3 N–H and O–H groups in total. The molecule has 10 heteroatoms. The lowest BCUT2D eigenvalue weighted by Gasteiger charge is -2.20. The van der Waals surface area contributed by atoms with Crippen molar-refractivity contribution < 1.29 is 22.7 Å². The minimum Gasteiger partial charge on any atom is -0.483 e. The number of amides is 2. The van der Waals surface area contributed by atoms with E-state index >= 15 is 0 Å². The van der Waals surface area contributed by atoms with Crippen LogP contribution in [0.15, 0.2) is 77.7 Å². The predicted octanol–water partition coefficient (Wildman–Crippen LogP) is 3.28. The molecule has 32 heavy (non-hydrogen) atoms. The van der Waals surface area contributed by atoms with E-state index in [1.165, 1.54) is 43.4 Å². The van der Waals surface area contributed by atoms with Gasteiger partial charge in [-0.15, -0.1) is 0 Å². The molecule has 0 atom stereocenters. The molecule has 0 saturated heterocycles. The van der Waals surface area contributed by atoms with Crippen LogP contribution in [0.4, 0.5) is 11.4 Å². The Hall–Kier alpha value is -3.56. The number of carbonyl (C=O) groups excluding carboxylic acids is 2. The fourth-order valence-corrected chi connectivity index (χ4v) is 4.24. The molecule has 3 aromatic rings. The molecule has 0 spiro atoms. The fourth-order valence-electron chi connectivity index (χ4n) is 2.83. The summed E-state index contributed by atoms with van der Waals surface area (Å²) >= 11 is 5.85. The molecule has 0 aromatic heterocycles. The smallest absolute Gasteiger partial charge is 0.264 e. The van der Waals surface area contributed by atoms with Gasteiger partial charge >= 0.3 is 0 Å². The molecule has 166 valence electrons. The molecule has 0 aliphatic carbocycles. The van der Waals surface area contributed by atoms with Gasteiger partial charge in [-0.25, -0.2) is 8.42 Å². The number of para-hydroxylation sites is 1. The maximum Gasteiger partial charge on any atom is 0.264 e. The molecule has 2 amide bonds. The number of nitrogens with zero attached hydrogens (tertiary/aromatic N) is 1. The molecule has 8 nitrogen and oxygen atoms in total. The van der Waals surface area contributed by atoms with Crippen LogP contribution in [0.5, 0.6) is 5.75 Å². The van der Waals surface area contributed by atoms with Crippen LogP contribution >= 0.6 is 11.6 Å². The first kappa shape index (κ1) is 23.1. The minimum absolute atomic E-state index is 0.0105. The van der Waals surface area contributed by atoms with E-state index in [4.69, 9.17) is 22.1 Å². The van der Waals surface area contributed by atoms with E-state index in [9.17, 15) is 18.0 Å². The average molecular weight is 474 g/mol. The Bertz CT molecular complexity index is 1250. The molecule has 3 rings (SSSR count). The first-order valence-electron chi connectivity index (χ1n) is 9.34. The number of carbonyl (C=O) groups is 2. The molecular formula is C22H20ClN3O5S. The van der Waals surface area contributed by atoms with Crippen LogP contribution in [-0.4, -0.2) is 33.9 Å². The van der Waals surface area contributed by atoms with Crippen molar-refractivity contribution in [2.24, 2.45) is 5.73 Å². The fraction of sp³-hybridized carbons (Fsp3) is 0.0909. The topological polar surface area (TPSA) is 119 Å². The van der Waals surface area contributed by atoms with Crippen molar-refractivity contribution in [3.63, 3.8) is 0 Å². The number of halogens is 1. The molecule has 3 aromatic carbocycles. The van der Waals surface area contributed by atoms with Crippen LogP contribution in [0, 0.1) is 0 Å².